The number of rotatable bonds is 51. The van der Waals surface area contributed by atoms with Gasteiger partial charge in [0.15, 0.2) is 29.1 Å². The summed E-state index contributed by atoms with van der Waals surface area (Å²) in [6.45, 7) is 9.97. The van der Waals surface area contributed by atoms with Crippen LogP contribution >= 0.6 is 11.8 Å². The zero-order valence-electron chi connectivity index (χ0n) is 58.4. The second-order valence-corrected chi connectivity index (χ2v) is 27.8. The second-order valence-electron chi connectivity index (χ2n) is 26.8. The molecule has 540 valence electrons. The van der Waals surface area contributed by atoms with Crippen molar-refractivity contribution in [2.75, 3.05) is 31.6 Å². The minimum absolute atomic E-state index is 0.0262. The van der Waals surface area contributed by atoms with Crippen LogP contribution in [-0.4, -0.2) is 142 Å². The Labute approximate surface area is 582 Å². The number of carbonyl (C=O) groups excluding carboxylic acids is 9. The maximum atomic E-state index is 15.0. The number of fused-ring (bicyclic) bond motifs is 1. The Hall–Kier alpha value is -7.80. The average molecular weight is 1380 g/mol. The van der Waals surface area contributed by atoms with Crippen molar-refractivity contribution >= 4 is 87.1 Å². The number of ketones is 5. The summed E-state index contributed by atoms with van der Waals surface area (Å²) >= 11 is 1.45. The molecule has 0 aliphatic carbocycles. The number of nitrogens with two attached hydrogens (primary N) is 5. The number of hydrogen-bond acceptors (Lipinski definition) is 16. The SMILES string of the molecule is CCCCC[C@@H](CC(=O)[C@H](CCCCN)NC(=O)[C@@H](CC(=O)[C@H](CCSC)NC(=O)[C@@H](CC(=O)[C@@H](NC(=O)[C@@H](CC(=O)[C@H](Cc1ccccc1)NC(=O)[C@H](CCCN=C(N)N)CC(=O)[C@@H](N)CCCCN)Cc1ccc(O)cc1)C(C)C)C(C)C)Cc1c[nH]c2ccccc12)C(=O)O. The number of thioether (sulfide) groups is 1. The van der Waals surface area contributed by atoms with Crippen molar-refractivity contribution in [3.63, 3.8) is 0 Å². The van der Waals surface area contributed by atoms with Crippen LogP contribution in [0.15, 0.2) is 90.1 Å². The van der Waals surface area contributed by atoms with Crippen LogP contribution in [0.25, 0.3) is 10.9 Å². The molecule has 1 heterocycles. The Morgan fingerprint density at radius 2 is 1.06 bits per heavy atom. The minimum atomic E-state index is -1.19. The van der Waals surface area contributed by atoms with E-state index in [1.165, 1.54) is 23.9 Å². The number of hydrogen-bond donors (Lipinski definition) is 12. The Bertz CT molecular complexity index is 3210. The van der Waals surface area contributed by atoms with E-state index >= 15 is 0 Å². The Morgan fingerprint density at radius 1 is 0.531 bits per heavy atom. The number of para-hydroxylation sites is 1. The highest BCUT2D eigenvalue weighted by Crippen LogP contribution is 2.28. The van der Waals surface area contributed by atoms with Crippen LogP contribution in [0.3, 0.4) is 0 Å². The zero-order valence-corrected chi connectivity index (χ0v) is 59.2. The van der Waals surface area contributed by atoms with Gasteiger partial charge in [0.25, 0.3) is 0 Å². The number of carbonyl (C=O) groups is 10. The number of benzene rings is 3. The number of unbranched alkanes of at least 4 members (excludes halogenated alkanes) is 4. The molecule has 1 aromatic heterocycles. The van der Waals surface area contributed by atoms with Crippen molar-refractivity contribution in [1.82, 2.24) is 26.3 Å². The molecule has 4 amide bonds. The molecular weight excluding hydrogens is 1270 g/mol. The Balaban J connectivity index is 1.64. The predicted molar refractivity (Wildman–Crippen MR) is 385 cm³/mol. The molecule has 0 spiro atoms. The molecule has 0 radical (unpaired) electrons. The topological polar surface area (TPSA) is 418 Å². The van der Waals surface area contributed by atoms with Gasteiger partial charge in [-0.15, -0.1) is 0 Å². The number of carboxylic acid groups (broad SMARTS) is 1. The van der Waals surface area contributed by atoms with Crippen LogP contribution < -0.4 is 49.9 Å². The molecule has 23 nitrogen and oxygen atoms in total. The van der Waals surface area contributed by atoms with Gasteiger partial charge in [0.1, 0.15) is 11.5 Å². The normalized spacial score (nSPS) is 14.6. The summed E-state index contributed by atoms with van der Waals surface area (Å²) in [5.41, 5.74) is 31.8. The van der Waals surface area contributed by atoms with E-state index in [9.17, 15) is 58.2 Å². The number of nitrogens with zero attached hydrogens (tertiary/aromatic N) is 1. The molecule has 0 fully saturated rings. The number of Topliss-reactive ketones (excluding diaryl/α,β-unsaturated/α-hetero) is 5. The molecule has 0 saturated carbocycles. The number of aliphatic carboxylic acids is 1. The number of carboxylic acids is 1. The first-order valence-corrected chi connectivity index (χ1v) is 36.3. The van der Waals surface area contributed by atoms with Gasteiger partial charge in [0.05, 0.1) is 36.1 Å². The van der Waals surface area contributed by atoms with Crippen molar-refractivity contribution in [1.29, 1.82) is 0 Å². The molecule has 24 heteroatoms. The monoisotopic (exact) mass is 1380 g/mol. The lowest BCUT2D eigenvalue weighted by Gasteiger charge is -2.29. The van der Waals surface area contributed by atoms with E-state index < -0.39 is 131 Å². The minimum Gasteiger partial charge on any atom is -0.508 e. The third-order valence-corrected chi connectivity index (χ3v) is 18.8. The lowest BCUT2D eigenvalue weighted by atomic mass is 9.84. The average Bonchev–Trinajstić information content (AvgIpc) is 1.58. The van der Waals surface area contributed by atoms with Crippen molar-refractivity contribution in [2.45, 2.75) is 200 Å². The summed E-state index contributed by atoms with van der Waals surface area (Å²) in [6.07, 6.45) is 8.28. The van der Waals surface area contributed by atoms with Gasteiger partial charge in [-0.05, 0) is 149 Å². The molecule has 0 bridgehead atoms. The van der Waals surface area contributed by atoms with E-state index in [0.29, 0.717) is 81.3 Å². The van der Waals surface area contributed by atoms with Gasteiger partial charge in [-0.25, -0.2) is 0 Å². The van der Waals surface area contributed by atoms with Gasteiger partial charge in [0, 0.05) is 79.4 Å². The van der Waals surface area contributed by atoms with Crippen LogP contribution in [0.4, 0.5) is 0 Å². The number of guanidine groups is 1. The number of nitrogens with one attached hydrogen (secondary N) is 5. The number of amides is 4. The molecule has 0 unspecified atom stereocenters. The number of phenols is 1. The van der Waals surface area contributed by atoms with Crippen LogP contribution in [0, 0.1) is 41.4 Å². The van der Waals surface area contributed by atoms with Crippen LogP contribution in [0.1, 0.15) is 167 Å². The maximum absolute atomic E-state index is 15.0. The lowest BCUT2D eigenvalue weighted by Crippen LogP contribution is -2.51. The fourth-order valence-electron chi connectivity index (χ4n) is 12.2. The van der Waals surface area contributed by atoms with Gasteiger partial charge < -0.3 is 65.1 Å². The molecule has 98 heavy (non-hydrogen) atoms. The third kappa shape index (κ3) is 29.0. The van der Waals surface area contributed by atoms with E-state index in [1.807, 2.05) is 37.4 Å². The van der Waals surface area contributed by atoms with Crippen LogP contribution in [-0.2, 0) is 67.2 Å². The highest BCUT2D eigenvalue weighted by Gasteiger charge is 2.38. The first kappa shape index (κ1) is 82.6. The molecule has 0 saturated heterocycles. The molecular formula is C74H111N11O12S. The van der Waals surface area contributed by atoms with Gasteiger partial charge in [0.2, 0.25) is 23.6 Å². The molecule has 17 N–H and O–H groups in total. The highest BCUT2D eigenvalue weighted by atomic mass is 32.2. The number of aromatic nitrogens is 1. The van der Waals surface area contributed by atoms with Crippen LogP contribution in [0.5, 0.6) is 5.75 Å². The summed E-state index contributed by atoms with van der Waals surface area (Å²) in [7, 11) is 0. The van der Waals surface area contributed by atoms with Crippen molar-refractivity contribution in [2.24, 2.45) is 75.1 Å². The van der Waals surface area contributed by atoms with Crippen molar-refractivity contribution in [3.8, 4) is 5.75 Å². The number of H-pyrrole nitrogens is 1. The Morgan fingerprint density at radius 3 is 1.67 bits per heavy atom. The predicted octanol–water partition coefficient (Wildman–Crippen LogP) is 7.09. The van der Waals surface area contributed by atoms with E-state index in [-0.39, 0.29) is 88.2 Å². The molecule has 0 aliphatic rings. The summed E-state index contributed by atoms with van der Waals surface area (Å²) in [5.74, 6) is -11.5. The highest BCUT2D eigenvalue weighted by molar-refractivity contribution is 7.98. The van der Waals surface area contributed by atoms with Gasteiger partial charge >= 0.3 is 5.97 Å². The molecule has 10 atom stereocenters. The number of aromatic hydroxyl groups is 1. The van der Waals surface area contributed by atoms with E-state index in [4.69, 9.17) is 28.7 Å². The quantitative estimate of drug-likeness (QED) is 0.0119. The fraction of sp³-hybridized carbons (Fsp3) is 0.581. The summed E-state index contributed by atoms with van der Waals surface area (Å²) < 4.78 is 0. The number of phenolic OH excluding ortho intramolecular Hbond substituents is 1. The van der Waals surface area contributed by atoms with Gasteiger partial charge in [-0.2, -0.15) is 11.8 Å². The van der Waals surface area contributed by atoms with Gasteiger partial charge in [-0.3, -0.25) is 52.9 Å². The zero-order chi connectivity index (χ0) is 72.3. The molecule has 0 aliphatic heterocycles. The number of aromatic amines is 1. The second kappa shape index (κ2) is 44.3. The summed E-state index contributed by atoms with van der Waals surface area (Å²) in [4.78, 5) is 151. The third-order valence-electron chi connectivity index (χ3n) is 18.2. The van der Waals surface area contributed by atoms with E-state index in [0.717, 1.165) is 29.3 Å². The van der Waals surface area contributed by atoms with Crippen molar-refractivity contribution in [3.05, 3.63) is 102 Å². The molecule has 4 rings (SSSR count). The van der Waals surface area contributed by atoms with Crippen molar-refractivity contribution < 1.29 is 58.2 Å². The van der Waals surface area contributed by atoms with Crippen LogP contribution in [0.2, 0.25) is 0 Å². The number of aliphatic imine (C=N–C) groups is 1. The smallest absolute Gasteiger partial charge is 0.306 e. The standard InChI is InChI=1S/C74H111N11O12S/c1-7-8-10-22-51(73(96)97)41-64(88)60(27-16-18-34-76)82-70(93)53(39-54-45-81-59-26-14-13-24-56(54)59)43-65(89)61(32-36-98-6)83-72(95)57(46(2)3)44-67(91)68(47(4)5)85-71(94)52(37-49-28-30-55(86)31-29-49)42-66(90)62(38-48-20-11-9-12-21-48)84-69(92)50(23-19-35-80-74(78)79)40-63(87)58(77)25-15-17-33-75/h9,11-14,20-21,24,26,28-31,45-47,50-53,57-58,60-62,68,81,86H,7-8,10,15-19,22-23,25,27,32-44,75-77H2,1-6H3,(H,82,93)(H,83,95)(H,84,92)(H,85,94)(H,96,97)(H4,78,79,80)/t50-,51+,52-,53-,57+,58+,60+,61+,62+,68+/m1/s1. The first-order chi connectivity index (χ1) is 46.8. The fourth-order valence-corrected chi connectivity index (χ4v) is 12.7. The first-order valence-electron chi connectivity index (χ1n) is 34.9. The van der Waals surface area contributed by atoms with E-state index in [1.54, 1.807) is 76.4 Å². The lowest BCUT2D eigenvalue weighted by molar-refractivity contribution is -0.144. The summed E-state index contributed by atoms with van der Waals surface area (Å²) in [5, 5.41) is 32.9. The van der Waals surface area contributed by atoms with Gasteiger partial charge in [-0.1, -0.05) is 121 Å². The summed E-state index contributed by atoms with van der Waals surface area (Å²) in [6, 6.07) is 17.2. The largest absolute Gasteiger partial charge is 0.508 e. The Kier molecular flexibility index (Phi) is 37.3. The molecule has 3 aromatic carbocycles. The maximum Gasteiger partial charge on any atom is 0.306 e. The van der Waals surface area contributed by atoms with E-state index in [2.05, 4.69) is 31.2 Å². The molecule has 4 aromatic rings.